The monoisotopic (exact) mass is 299 g/mol. The van der Waals surface area contributed by atoms with E-state index in [1.165, 1.54) is 18.2 Å². The van der Waals surface area contributed by atoms with Crippen LogP contribution in [0.1, 0.15) is 0 Å². The highest BCUT2D eigenvalue weighted by Crippen LogP contribution is 2.17. The first-order valence-corrected chi connectivity index (χ1v) is 8.25. The van der Waals surface area contributed by atoms with Gasteiger partial charge in [0.15, 0.2) is 0 Å². The molecule has 3 aliphatic rings. The van der Waals surface area contributed by atoms with Crippen molar-refractivity contribution in [3.63, 3.8) is 0 Å². The molecule has 110 valence electrons. The highest BCUT2D eigenvalue weighted by atomic mass is 32.2. The van der Waals surface area contributed by atoms with Crippen molar-refractivity contribution in [2.45, 2.75) is 10.9 Å². The van der Waals surface area contributed by atoms with Gasteiger partial charge in [-0.05, 0) is 12.1 Å². The molecule has 0 spiro atoms. The average Bonchev–Trinajstić information content (AvgIpc) is 2.47. The summed E-state index contributed by atoms with van der Waals surface area (Å²) in [4.78, 5) is 4.35. The van der Waals surface area contributed by atoms with Crippen molar-refractivity contribution in [1.29, 1.82) is 0 Å². The van der Waals surface area contributed by atoms with E-state index >= 15 is 0 Å². The van der Waals surface area contributed by atoms with E-state index in [1.54, 1.807) is 0 Å². The van der Waals surface area contributed by atoms with Gasteiger partial charge < -0.3 is 0 Å². The maximum absolute atomic E-state index is 13.6. The quantitative estimate of drug-likeness (QED) is 0.857. The molecule has 4 rings (SSSR count). The number of rotatable bonds is 4. The molecule has 0 saturated carbocycles. The Labute approximate surface area is 118 Å². The third kappa shape index (κ3) is 2.71. The molecule has 1 N–H and O–H groups in total. The Morgan fingerprint density at radius 2 is 1.90 bits per heavy atom. The van der Waals surface area contributed by atoms with Gasteiger partial charge in [-0.25, -0.2) is 17.5 Å². The molecule has 0 radical (unpaired) electrons. The van der Waals surface area contributed by atoms with Gasteiger partial charge in [0, 0.05) is 45.3 Å². The highest BCUT2D eigenvalue weighted by molar-refractivity contribution is 7.89. The van der Waals surface area contributed by atoms with Crippen LogP contribution >= 0.6 is 0 Å². The Hall–Kier alpha value is -1.02. The Kier molecular flexibility index (Phi) is 3.76. The van der Waals surface area contributed by atoms with Gasteiger partial charge in [-0.2, -0.15) is 0 Å². The van der Waals surface area contributed by atoms with E-state index in [9.17, 15) is 12.8 Å². The number of halogens is 1. The lowest BCUT2D eigenvalue weighted by Gasteiger charge is -2.47. The standard InChI is InChI=1S/C13H18FN3O2S/c14-12-3-1-2-4-13(12)20(18,19)15-9-11-10-16-5-7-17(11)8-6-16/h1-4,11,15H,5-10H2. The molecular weight excluding hydrogens is 281 g/mol. The van der Waals surface area contributed by atoms with Crippen molar-refractivity contribution in [3.05, 3.63) is 30.1 Å². The summed E-state index contributed by atoms with van der Waals surface area (Å²) in [5.74, 6) is -0.714. The minimum Gasteiger partial charge on any atom is -0.299 e. The third-order valence-corrected chi connectivity index (χ3v) is 5.48. The van der Waals surface area contributed by atoms with Crippen molar-refractivity contribution in [2.24, 2.45) is 0 Å². The SMILES string of the molecule is O=S(=O)(NCC1CN2CCN1CC2)c1ccccc1F. The number of nitrogens with one attached hydrogen (secondary N) is 1. The number of fused-ring (bicyclic) bond motifs is 3. The van der Waals surface area contributed by atoms with Crippen LogP contribution in [0.3, 0.4) is 0 Å². The van der Waals surface area contributed by atoms with Crippen molar-refractivity contribution >= 4 is 10.0 Å². The molecule has 0 aliphatic carbocycles. The molecule has 3 heterocycles. The minimum absolute atomic E-state index is 0.180. The number of sulfonamides is 1. The zero-order chi connectivity index (χ0) is 14.2. The Morgan fingerprint density at radius 3 is 2.50 bits per heavy atom. The summed E-state index contributed by atoms with van der Waals surface area (Å²) in [6.45, 7) is 5.26. The van der Waals surface area contributed by atoms with Gasteiger partial charge in [0.25, 0.3) is 0 Å². The Morgan fingerprint density at radius 1 is 1.20 bits per heavy atom. The molecule has 3 fully saturated rings. The Balaban J connectivity index is 1.67. The molecule has 1 aromatic rings. The Bertz CT molecular complexity index is 585. The van der Waals surface area contributed by atoms with Crippen molar-refractivity contribution in [2.75, 3.05) is 39.3 Å². The van der Waals surface area contributed by atoms with Crippen LogP contribution in [0.25, 0.3) is 0 Å². The molecule has 3 aliphatic heterocycles. The highest BCUT2D eigenvalue weighted by Gasteiger charge is 2.32. The number of hydrogen-bond acceptors (Lipinski definition) is 4. The van der Waals surface area contributed by atoms with Crippen LogP contribution in [-0.4, -0.2) is 63.5 Å². The summed E-state index contributed by atoms with van der Waals surface area (Å²) >= 11 is 0. The first kappa shape index (κ1) is 13.9. The molecule has 0 amide bonds. The summed E-state index contributed by atoms with van der Waals surface area (Å²) < 4.78 is 40.3. The smallest absolute Gasteiger partial charge is 0.243 e. The van der Waals surface area contributed by atoms with Crippen molar-refractivity contribution < 1.29 is 12.8 Å². The van der Waals surface area contributed by atoms with Gasteiger partial charge in [0.1, 0.15) is 10.7 Å². The van der Waals surface area contributed by atoms with Crippen LogP contribution in [0.15, 0.2) is 29.2 Å². The molecule has 3 saturated heterocycles. The zero-order valence-corrected chi connectivity index (χ0v) is 11.9. The number of nitrogens with zero attached hydrogens (tertiary/aromatic N) is 2. The predicted molar refractivity (Wildman–Crippen MR) is 73.4 cm³/mol. The average molecular weight is 299 g/mol. The molecule has 1 aromatic carbocycles. The van der Waals surface area contributed by atoms with Crippen LogP contribution in [-0.2, 0) is 10.0 Å². The lowest BCUT2D eigenvalue weighted by atomic mass is 10.1. The summed E-state index contributed by atoms with van der Waals surface area (Å²) in [7, 11) is -3.78. The largest absolute Gasteiger partial charge is 0.299 e. The lowest BCUT2D eigenvalue weighted by Crippen LogP contribution is -2.63. The maximum atomic E-state index is 13.6. The second kappa shape index (κ2) is 5.40. The van der Waals surface area contributed by atoms with E-state index in [2.05, 4.69) is 14.5 Å². The summed E-state index contributed by atoms with van der Waals surface area (Å²) in [5.41, 5.74) is 0. The molecule has 2 bridgehead atoms. The molecule has 1 unspecified atom stereocenters. The number of hydrogen-bond donors (Lipinski definition) is 1. The number of piperazine rings is 3. The normalized spacial score (nSPS) is 29.6. The van der Waals surface area contributed by atoms with Gasteiger partial charge in [0.2, 0.25) is 10.0 Å². The fraction of sp³-hybridized carbons (Fsp3) is 0.538. The van der Waals surface area contributed by atoms with E-state index in [0.29, 0.717) is 6.54 Å². The fourth-order valence-electron chi connectivity index (χ4n) is 2.86. The van der Waals surface area contributed by atoms with Crippen LogP contribution in [0.4, 0.5) is 4.39 Å². The van der Waals surface area contributed by atoms with Crippen LogP contribution in [0.5, 0.6) is 0 Å². The summed E-state index contributed by atoms with van der Waals surface area (Å²) in [6.07, 6.45) is 0. The minimum atomic E-state index is -3.78. The molecule has 1 atom stereocenters. The van der Waals surface area contributed by atoms with E-state index in [1.807, 2.05) is 0 Å². The van der Waals surface area contributed by atoms with E-state index in [-0.39, 0.29) is 10.9 Å². The first-order chi connectivity index (χ1) is 9.56. The lowest BCUT2D eigenvalue weighted by molar-refractivity contribution is 0.0158. The zero-order valence-electron chi connectivity index (χ0n) is 11.1. The maximum Gasteiger partial charge on any atom is 0.243 e. The molecule has 5 nitrogen and oxygen atoms in total. The van der Waals surface area contributed by atoms with Gasteiger partial charge in [0.05, 0.1) is 0 Å². The molecule has 0 aromatic heterocycles. The summed E-state index contributed by atoms with van der Waals surface area (Å²) in [6, 6.07) is 5.63. The van der Waals surface area contributed by atoms with E-state index in [4.69, 9.17) is 0 Å². The predicted octanol–water partition coefficient (Wildman–Crippen LogP) is 0.104. The van der Waals surface area contributed by atoms with Crippen molar-refractivity contribution in [3.8, 4) is 0 Å². The van der Waals surface area contributed by atoms with E-state index in [0.717, 1.165) is 38.8 Å². The van der Waals surface area contributed by atoms with Gasteiger partial charge >= 0.3 is 0 Å². The van der Waals surface area contributed by atoms with Crippen LogP contribution < -0.4 is 4.72 Å². The number of benzene rings is 1. The second-order valence-electron chi connectivity index (χ2n) is 5.27. The third-order valence-electron chi connectivity index (χ3n) is 4.03. The topological polar surface area (TPSA) is 52.7 Å². The molecular formula is C13H18FN3O2S. The van der Waals surface area contributed by atoms with Crippen LogP contribution in [0, 0.1) is 5.82 Å². The van der Waals surface area contributed by atoms with E-state index < -0.39 is 15.8 Å². The fourth-order valence-corrected chi connectivity index (χ4v) is 4.01. The van der Waals surface area contributed by atoms with Gasteiger partial charge in [-0.3, -0.25) is 9.80 Å². The first-order valence-electron chi connectivity index (χ1n) is 6.77. The van der Waals surface area contributed by atoms with Gasteiger partial charge in [-0.1, -0.05) is 12.1 Å². The molecule has 20 heavy (non-hydrogen) atoms. The second-order valence-corrected chi connectivity index (χ2v) is 7.01. The van der Waals surface area contributed by atoms with Crippen LogP contribution in [0.2, 0.25) is 0 Å². The molecule has 7 heteroatoms. The summed E-state index contributed by atoms with van der Waals surface area (Å²) in [5, 5.41) is 0. The van der Waals surface area contributed by atoms with Gasteiger partial charge in [-0.15, -0.1) is 0 Å². The van der Waals surface area contributed by atoms with Crippen molar-refractivity contribution in [1.82, 2.24) is 14.5 Å².